The van der Waals surface area contributed by atoms with Crippen molar-refractivity contribution in [2.75, 3.05) is 19.8 Å². The van der Waals surface area contributed by atoms with Crippen LogP contribution in [-0.2, 0) is 4.74 Å². The fraction of sp³-hybridized carbons (Fsp3) is 0.529. The van der Waals surface area contributed by atoms with Gasteiger partial charge in [-0.25, -0.2) is 0 Å². The van der Waals surface area contributed by atoms with Gasteiger partial charge in [0, 0.05) is 6.42 Å². The summed E-state index contributed by atoms with van der Waals surface area (Å²) in [6.45, 7) is 6.83. The molecule has 0 amide bonds. The van der Waals surface area contributed by atoms with Gasteiger partial charge in [-0.05, 0) is 43.2 Å². The molecule has 110 valence electrons. The van der Waals surface area contributed by atoms with Gasteiger partial charge in [-0.1, -0.05) is 26.0 Å². The van der Waals surface area contributed by atoms with E-state index in [0.717, 1.165) is 50.5 Å². The first-order chi connectivity index (χ1) is 9.85. The van der Waals surface area contributed by atoms with Crippen molar-refractivity contribution >= 4 is 0 Å². The number of benzene rings is 1. The molecule has 0 spiro atoms. The highest BCUT2D eigenvalue weighted by Crippen LogP contribution is 2.28. The van der Waals surface area contributed by atoms with Gasteiger partial charge in [-0.2, -0.15) is 0 Å². The highest BCUT2D eigenvalue weighted by Gasteiger charge is 2.20. The van der Waals surface area contributed by atoms with Crippen LogP contribution in [0.4, 0.5) is 0 Å². The Morgan fingerprint density at radius 1 is 1.30 bits per heavy atom. The van der Waals surface area contributed by atoms with Crippen molar-refractivity contribution in [2.24, 2.45) is 0 Å². The Bertz CT molecular complexity index is 442. The topological polar surface area (TPSA) is 30.5 Å². The lowest BCUT2D eigenvalue weighted by Crippen LogP contribution is -2.24. The number of ether oxygens (including phenoxy) is 2. The van der Waals surface area contributed by atoms with E-state index in [4.69, 9.17) is 9.47 Å². The molecule has 1 unspecified atom stereocenters. The molecular formula is C17H25NO2. The molecule has 0 saturated carbocycles. The molecule has 0 aliphatic carbocycles. The lowest BCUT2D eigenvalue weighted by atomic mass is 10.0. The minimum absolute atomic E-state index is 0.141. The summed E-state index contributed by atoms with van der Waals surface area (Å²) in [5, 5.41) is 3.56. The number of nitrogens with one attached hydrogen (secondary N) is 1. The minimum atomic E-state index is 0.141. The standard InChI is InChI=1S/C17H25NO2/c1-3-10-18-17(16-9-6-12-20-16)14-7-5-8-15(13-14)19-11-4-2/h5,7-9,13,17-18H,3-4,6,10-12H2,1-2H3. The van der Waals surface area contributed by atoms with Crippen molar-refractivity contribution < 1.29 is 9.47 Å². The van der Waals surface area contributed by atoms with Gasteiger partial charge in [0.1, 0.15) is 11.5 Å². The third-order valence-electron chi connectivity index (χ3n) is 3.28. The SMILES string of the molecule is CCCNC(C1=CCCO1)c1cccc(OCCC)c1. The first-order valence-electron chi connectivity index (χ1n) is 7.64. The Balaban J connectivity index is 2.14. The first-order valence-corrected chi connectivity index (χ1v) is 7.64. The molecule has 3 nitrogen and oxygen atoms in total. The molecule has 1 aromatic carbocycles. The second kappa shape index (κ2) is 7.95. The Morgan fingerprint density at radius 3 is 2.90 bits per heavy atom. The molecule has 1 N–H and O–H groups in total. The van der Waals surface area contributed by atoms with Gasteiger partial charge in [0.25, 0.3) is 0 Å². The van der Waals surface area contributed by atoms with Crippen molar-refractivity contribution in [1.29, 1.82) is 0 Å². The third kappa shape index (κ3) is 4.01. The smallest absolute Gasteiger partial charge is 0.119 e. The van der Waals surface area contributed by atoms with Gasteiger partial charge >= 0.3 is 0 Å². The van der Waals surface area contributed by atoms with Gasteiger partial charge in [0.2, 0.25) is 0 Å². The van der Waals surface area contributed by atoms with E-state index in [1.165, 1.54) is 5.56 Å². The van der Waals surface area contributed by atoms with Crippen LogP contribution >= 0.6 is 0 Å². The van der Waals surface area contributed by atoms with E-state index in [1.807, 2.05) is 6.07 Å². The molecule has 0 bridgehead atoms. The number of rotatable bonds is 8. The molecule has 1 aromatic rings. The van der Waals surface area contributed by atoms with Crippen molar-refractivity contribution in [1.82, 2.24) is 5.32 Å². The zero-order valence-electron chi connectivity index (χ0n) is 12.5. The van der Waals surface area contributed by atoms with Crippen LogP contribution in [0.3, 0.4) is 0 Å². The quantitative estimate of drug-likeness (QED) is 0.782. The number of hydrogen-bond donors (Lipinski definition) is 1. The molecular weight excluding hydrogens is 250 g/mol. The Labute approximate surface area is 122 Å². The fourth-order valence-corrected chi connectivity index (χ4v) is 2.31. The average molecular weight is 275 g/mol. The van der Waals surface area contributed by atoms with E-state index in [-0.39, 0.29) is 6.04 Å². The second-order valence-corrected chi connectivity index (χ2v) is 5.05. The highest BCUT2D eigenvalue weighted by atomic mass is 16.5. The number of hydrogen-bond acceptors (Lipinski definition) is 3. The van der Waals surface area contributed by atoms with Crippen molar-refractivity contribution in [3.63, 3.8) is 0 Å². The van der Waals surface area contributed by atoms with Gasteiger partial charge in [0.15, 0.2) is 0 Å². The molecule has 20 heavy (non-hydrogen) atoms. The van der Waals surface area contributed by atoms with Crippen LogP contribution in [0.2, 0.25) is 0 Å². The monoisotopic (exact) mass is 275 g/mol. The van der Waals surface area contributed by atoms with Crippen molar-refractivity contribution in [3.8, 4) is 5.75 Å². The molecule has 1 aliphatic rings. The Hall–Kier alpha value is -1.48. The van der Waals surface area contributed by atoms with Crippen LogP contribution in [0.25, 0.3) is 0 Å². The van der Waals surface area contributed by atoms with E-state index < -0.39 is 0 Å². The fourth-order valence-electron chi connectivity index (χ4n) is 2.31. The predicted molar refractivity (Wildman–Crippen MR) is 81.9 cm³/mol. The van der Waals surface area contributed by atoms with Crippen LogP contribution in [0, 0.1) is 0 Å². The van der Waals surface area contributed by atoms with E-state index in [1.54, 1.807) is 0 Å². The van der Waals surface area contributed by atoms with Crippen molar-refractivity contribution in [3.05, 3.63) is 41.7 Å². The molecule has 0 fully saturated rings. The van der Waals surface area contributed by atoms with Gasteiger partial charge in [-0.15, -0.1) is 0 Å². The third-order valence-corrected chi connectivity index (χ3v) is 3.28. The van der Waals surface area contributed by atoms with Gasteiger partial charge < -0.3 is 14.8 Å². The predicted octanol–water partition coefficient (Wildman–Crippen LogP) is 3.82. The molecule has 0 radical (unpaired) electrons. The van der Waals surface area contributed by atoms with E-state index in [2.05, 4.69) is 43.4 Å². The highest BCUT2D eigenvalue weighted by molar-refractivity contribution is 5.34. The molecule has 1 aliphatic heterocycles. The average Bonchev–Trinajstić information content (AvgIpc) is 3.00. The molecule has 0 aromatic heterocycles. The molecule has 0 saturated heterocycles. The van der Waals surface area contributed by atoms with Crippen LogP contribution < -0.4 is 10.1 Å². The summed E-state index contributed by atoms with van der Waals surface area (Å²) in [6, 6.07) is 8.46. The zero-order valence-corrected chi connectivity index (χ0v) is 12.5. The largest absolute Gasteiger partial charge is 0.496 e. The van der Waals surface area contributed by atoms with Crippen LogP contribution in [0.5, 0.6) is 5.75 Å². The summed E-state index contributed by atoms with van der Waals surface area (Å²) >= 11 is 0. The molecule has 2 rings (SSSR count). The molecule has 1 atom stereocenters. The Kier molecular flexibility index (Phi) is 5.93. The molecule has 3 heteroatoms. The summed E-state index contributed by atoms with van der Waals surface area (Å²) in [5.74, 6) is 1.98. The lowest BCUT2D eigenvalue weighted by Gasteiger charge is -2.20. The maximum atomic E-state index is 5.75. The zero-order chi connectivity index (χ0) is 14.2. The van der Waals surface area contributed by atoms with E-state index >= 15 is 0 Å². The first kappa shape index (κ1) is 14.9. The maximum absolute atomic E-state index is 5.75. The molecule has 1 heterocycles. The van der Waals surface area contributed by atoms with Crippen molar-refractivity contribution in [2.45, 2.75) is 39.2 Å². The van der Waals surface area contributed by atoms with Crippen LogP contribution in [0.1, 0.15) is 44.7 Å². The summed E-state index contributed by atoms with van der Waals surface area (Å²) in [6.07, 6.45) is 5.32. The summed E-state index contributed by atoms with van der Waals surface area (Å²) in [5.41, 5.74) is 1.21. The second-order valence-electron chi connectivity index (χ2n) is 5.05. The van der Waals surface area contributed by atoms with Crippen LogP contribution in [-0.4, -0.2) is 19.8 Å². The lowest BCUT2D eigenvalue weighted by molar-refractivity contribution is 0.215. The minimum Gasteiger partial charge on any atom is -0.496 e. The maximum Gasteiger partial charge on any atom is 0.119 e. The van der Waals surface area contributed by atoms with E-state index in [0.29, 0.717) is 0 Å². The van der Waals surface area contributed by atoms with Gasteiger partial charge in [0.05, 0.1) is 19.3 Å². The summed E-state index contributed by atoms with van der Waals surface area (Å²) in [7, 11) is 0. The van der Waals surface area contributed by atoms with Gasteiger partial charge in [-0.3, -0.25) is 0 Å². The Morgan fingerprint density at radius 2 is 2.20 bits per heavy atom. The van der Waals surface area contributed by atoms with E-state index in [9.17, 15) is 0 Å². The summed E-state index contributed by atoms with van der Waals surface area (Å²) in [4.78, 5) is 0. The van der Waals surface area contributed by atoms with Crippen LogP contribution in [0.15, 0.2) is 36.1 Å². The summed E-state index contributed by atoms with van der Waals surface area (Å²) < 4.78 is 11.5. The normalized spacial score (nSPS) is 15.6.